The van der Waals surface area contributed by atoms with Gasteiger partial charge < -0.3 is 10.2 Å². The molecule has 1 heterocycles. The smallest absolute Gasteiger partial charge is 0.0387 e. The molecule has 0 bridgehead atoms. The van der Waals surface area contributed by atoms with Crippen molar-refractivity contribution < 1.29 is 0 Å². The lowest BCUT2D eigenvalue weighted by molar-refractivity contribution is 0.386. The molecule has 2 rings (SSSR count). The van der Waals surface area contributed by atoms with Crippen molar-refractivity contribution >= 4 is 5.69 Å². The largest absolute Gasteiger partial charge is 0.366 e. The van der Waals surface area contributed by atoms with Gasteiger partial charge in [0.25, 0.3) is 0 Å². The third-order valence-electron chi connectivity index (χ3n) is 3.62. The monoisotopic (exact) mass is 232 g/mol. The summed E-state index contributed by atoms with van der Waals surface area (Å²) in [4.78, 5) is 2.55. The lowest BCUT2D eigenvalue weighted by Crippen LogP contribution is -2.55. The highest BCUT2D eigenvalue weighted by Gasteiger charge is 2.24. The molecule has 1 fully saturated rings. The van der Waals surface area contributed by atoms with E-state index in [-0.39, 0.29) is 0 Å². The minimum absolute atomic E-state index is 0.588. The number of benzene rings is 1. The lowest BCUT2D eigenvalue weighted by Gasteiger charge is -2.40. The van der Waals surface area contributed by atoms with E-state index in [2.05, 4.69) is 55.3 Å². The first-order valence-corrected chi connectivity index (χ1v) is 6.77. The van der Waals surface area contributed by atoms with Gasteiger partial charge in [-0.3, -0.25) is 0 Å². The van der Waals surface area contributed by atoms with E-state index in [0.717, 1.165) is 13.1 Å². The van der Waals surface area contributed by atoms with Gasteiger partial charge in [-0.1, -0.05) is 25.5 Å². The van der Waals surface area contributed by atoms with E-state index in [0.29, 0.717) is 12.1 Å². The maximum Gasteiger partial charge on any atom is 0.0387 e. The number of anilines is 1. The molecule has 0 aromatic heterocycles. The number of aryl methyl sites for hydroxylation is 1. The molecule has 1 aliphatic heterocycles. The molecule has 17 heavy (non-hydrogen) atoms. The quantitative estimate of drug-likeness (QED) is 0.862. The summed E-state index contributed by atoms with van der Waals surface area (Å²) >= 11 is 0. The second-order valence-corrected chi connectivity index (χ2v) is 5.23. The number of rotatable bonds is 3. The molecule has 0 amide bonds. The molecular formula is C15H24N2. The zero-order valence-electron chi connectivity index (χ0n) is 11.2. The van der Waals surface area contributed by atoms with Gasteiger partial charge in [0.1, 0.15) is 0 Å². The first kappa shape index (κ1) is 12.4. The Balaban J connectivity index is 2.12. The summed E-state index contributed by atoms with van der Waals surface area (Å²) in [5, 5.41) is 3.64. The summed E-state index contributed by atoms with van der Waals surface area (Å²) in [5.74, 6) is 0. The minimum Gasteiger partial charge on any atom is -0.366 e. The van der Waals surface area contributed by atoms with Crippen LogP contribution in [0.2, 0.25) is 0 Å². The fourth-order valence-corrected chi connectivity index (χ4v) is 2.64. The number of nitrogens with zero attached hydrogens (tertiary/aromatic N) is 1. The number of piperazine rings is 1. The van der Waals surface area contributed by atoms with Gasteiger partial charge in [0.05, 0.1) is 0 Å². The average molecular weight is 232 g/mol. The van der Waals surface area contributed by atoms with Gasteiger partial charge in [-0.2, -0.15) is 0 Å². The van der Waals surface area contributed by atoms with Crippen molar-refractivity contribution in [2.45, 2.75) is 45.7 Å². The third kappa shape index (κ3) is 3.01. The summed E-state index contributed by atoms with van der Waals surface area (Å²) in [6.45, 7) is 8.96. The predicted molar refractivity (Wildman–Crippen MR) is 74.7 cm³/mol. The van der Waals surface area contributed by atoms with Crippen molar-refractivity contribution in [1.29, 1.82) is 0 Å². The van der Waals surface area contributed by atoms with Crippen molar-refractivity contribution in [3.05, 3.63) is 29.8 Å². The van der Waals surface area contributed by atoms with Gasteiger partial charge in [0, 0.05) is 30.9 Å². The van der Waals surface area contributed by atoms with E-state index >= 15 is 0 Å². The molecule has 2 heteroatoms. The first-order chi connectivity index (χ1) is 8.20. The van der Waals surface area contributed by atoms with E-state index in [1.807, 2.05) is 0 Å². The van der Waals surface area contributed by atoms with Gasteiger partial charge in [-0.25, -0.2) is 0 Å². The summed E-state index contributed by atoms with van der Waals surface area (Å²) < 4.78 is 0. The summed E-state index contributed by atoms with van der Waals surface area (Å²) in [5.41, 5.74) is 2.72. The van der Waals surface area contributed by atoms with Crippen molar-refractivity contribution in [3.63, 3.8) is 0 Å². The van der Waals surface area contributed by atoms with Crippen LogP contribution in [-0.4, -0.2) is 25.2 Å². The Morgan fingerprint density at radius 2 is 2.24 bits per heavy atom. The molecule has 1 N–H and O–H groups in total. The van der Waals surface area contributed by atoms with Crippen LogP contribution in [0.1, 0.15) is 32.3 Å². The van der Waals surface area contributed by atoms with Gasteiger partial charge in [-0.05, 0) is 38.0 Å². The molecule has 0 saturated carbocycles. The Hall–Kier alpha value is -1.02. The zero-order chi connectivity index (χ0) is 12.3. The number of hydrogen-bond donors (Lipinski definition) is 1. The van der Waals surface area contributed by atoms with Crippen LogP contribution in [-0.2, 0) is 0 Å². The maximum absolute atomic E-state index is 3.64. The molecular weight excluding hydrogens is 208 g/mol. The molecule has 1 aromatic rings. The summed E-state index contributed by atoms with van der Waals surface area (Å²) in [7, 11) is 0. The lowest BCUT2D eigenvalue weighted by atomic mass is 10.0. The van der Waals surface area contributed by atoms with Crippen molar-refractivity contribution in [3.8, 4) is 0 Å². The van der Waals surface area contributed by atoms with E-state index in [1.54, 1.807) is 0 Å². The molecule has 1 saturated heterocycles. The average Bonchev–Trinajstić information content (AvgIpc) is 2.32. The van der Waals surface area contributed by atoms with E-state index in [4.69, 9.17) is 0 Å². The molecule has 2 nitrogen and oxygen atoms in total. The van der Waals surface area contributed by atoms with Crippen LogP contribution >= 0.6 is 0 Å². The Bertz CT molecular complexity index is 362. The van der Waals surface area contributed by atoms with E-state index in [9.17, 15) is 0 Å². The Kier molecular flexibility index (Phi) is 4.06. The molecule has 0 radical (unpaired) electrons. The highest BCUT2D eigenvalue weighted by Crippen LogP contribution is 2.21. The molecule has 2 unspecified atom stereocenters. The summed E-state index contributed by atoms with van der Waals surface area (Å²) in [6.07, 6.45) is 2.53. The number of nitrogens with one attached hydrogen (secondary N) is 1. The topological polar surface area (TPSA) is 15.3 Å². The standard InChI is InChI=1S/C15H24N2/c1-4-6-14-11-17(13(3)10-16-14)15-8-5-7-12(2)9-15/h5,7-9,13-14,16H,4,6,10-11H2,1-3H3. The van der Waals surface area contributed by atoms with Gasteiger partial charge >= 0.3 is 0 Å². The van der Waals surface area contributed by atoms with Gasteiger partial charge in [0.2, 0.25) is 0 Å². The van der Waals surface area contributed by atoms with Crippen LogP contribution in [0.25, 0.3) is 0 Å². The van der Waals surface area contributed by atoms with Crippen LogP contribution in [0.3, 0.4) is 0 Å². The molecule has 0 aliphatic carbocycles. The Morgan fingerprint density at radius 1 is 1.41 bits per heavy atom. The van der Waals surface area contributed by atoms with Crippen molar-refractivity contribution in [2.75, 3.05) is 18.0 Å². The van der Waals surface area contributed by atoms with Crippen LogP contribution in [0.15, 0.2) is 24.3 Å². The fourth-order valence-electron chi connectivity index (χ4n) is 2.64. The van der Waals surface area contributed by atoms with Crippen LogP contribution in [0.4, 0.5) is 5.69 Å². The fraction of sp³-hybridized carbons (Fsp3) is 0.600. The molecule has 1 aliphatic rings. The minimum atomic E-state index is 0.588. The second-order valence-electron chi connectivity index (χ2n) is 5.23. The molecule has 2 atom stereocenters. The van der Waals surface area contributed by atoms with Crippen LogP contribution in [0, 0.1) is 6.92 Å². The SMILES string of the molecule is CCCC1CN(c2cccc(C)c2)C(C)CN1. The highest BCUT2D eigenvalue weighted by molar-refractivity contribution is 5.50. The third-order valence-corrected chi connectivity index (χ3v) is 3.62. The van der Waals surface area contributed by atoms with Crippen LogP contribution in [0.5, 0.6) is 0 Å². The summed E-state index contributed by atoms with van der Waals surface area (Å²) in [6, 6.07) is 10.1. The molecule has 94 valence electrons. The van der Waals surface area contributed by atoms with E-state index < -0.39 is 0 Å². The van der Waals surface area contributed by atoms with E-state index in [1.165, 1.54) is 24.1 Å². The zero-order valence-corrected chi connectivity index (χ0v) is 11.2. The normalized spacial score (nSPS) is 25.0. The second kappa shape index (κ2) is 5.54. The van der Waals surface area contributed by atoms with Crippen molar-refractivity contribution in [1.82, 2.24) is 5.32 Å². The number of hydrogen-bond acceptors (Lipinski definition) is 2. The van der Waals surface area contributed by atoms with Crippen molar-refractivity contribution in [2.24, 2.45) is 0 Å². The predicted octanol–water partition coefficient (Wildman–Crippen LogP) is 2.96. The van der Waals surface area contributed by atoms with Gasteiger partial charge in [0.15, 0.2) is 0 Å². The highest BCUT2D eigenvalue weighted by atomic mass is 15.2. The first-order valence-electron chi connectivity index (χ1n) is 6.77. The van der Waals surface area contributed by atoms with Gasteiger partial charge in [-0.15, -0.1) is 0 Å². The molecule has 0 spiro atoms. The Labute approximate surface area is 105 Å². The van der Waals surface area contributed by atoms with Crippen LogP contribution < -0.4 is 10.2 Å². The molecule has 1 aromatic carbocycles. The maximum atomic E-state index is 3.64. The Morgan fingerprint density at radius 3 is 2.94 bits per heavy atom.